The average molecular weight is 369 g/mol. The second kappa shape index (κ2) is 5.92. The Hall–Kier alpha value is -1.76. The highest BCUT2D eigenvalue weighted by Crippen LogP contribution is 2.21. The van der Waals surface area contributed by atoms with E-state index in [1.165, 1.54) is 18.2 Å². The molecule has 2 aromatic rings. The van der Waals surface area contributed by atoms with Crippen molar-refractivity contribution in [2.45, 2.75) is 6.61 Å². The summed E-state index contributed by atoms with van der Waals surface area (Å²) < 4.78 is 6.60. The number of halogens is 1. The van der Waals surface area contributed by atoms with Gasteiger partial charge in [0.15, 0.2) is 0 Å². The van der Waals surface area contributed by atoms with E-state index in [0.29, 0.717) is 12.4 Å². The van der Waals surface area contributed by atoms with Crippen molar-refractivity contribution in [1.82, 2.24) is 0 Å². The Morgan fingerprint density at radius 2 is 1.89 bits per heavy atom. The molecule has 0 aliphatic heterocycles. The molecule has 0 saturated carbocycles. The van der Waals surface area contributed by atoms with Crippen LogP contribution in [-0.4, -0.2) is 11.1 Å². The molecule has 5 heteroatoms. The third-order valence-electron chi connectivity index (χ3n) is 2.50. The van der Waals surface area contributed by atoms with Crippen LogP contribution < -0.4 is 9.84 Å². The van der Waals surface area contributed by atoms with Gasteiger partial charge in [-0.15, -0.1) is 0 Å². The summed E-state index contributed by atoms with van der Waals surface area (Å²) in [5.74, 6) is -1.39. The maximum Gasteiger partial charge on any atom is 0.335 e. The number of carbonyl (C=O) groups is 1. The standard InChI is InChI=1S/C14H11IO4/c15-10-3-1-9(2-4-10)8-19-11-5-6-13(16)12(7-11)14(17)18/h1-7,16H,8H2,(H,17,18)/p-1. The van der Waals surface area contributed by atoms with Gasteiger partial charge in [-0.1, -0.05) is 23.9 Å². The van der Waals surface area contributed by atoms with Crippen molar-refractivity contribution in [1.29, 1.82) is 0 Å². The van der Waals surface area contributed by atoms with Gasteiger partial charge in [-0.05, 0) is 52.4 Å². The van der Waals surface area contributed by atoms with Gasteiger partial charge in [0, 0.05) is 3.57 Å². The van der Waals surface area contributed by atoms with Gasteiger partial charge in [0.25, 0.3) is 0 Å². The van der Waals surface area contributed by atoms with E-state index in [0.717, 1.165) is 9.13 Å². The van der Waals surface area contributed by atoms with E-state index in [4.69, 9.17) is 9.84 Å². The highest BCUT2D eigenvalue weighted by atomic mass is 127. The summed E-state index contributed by atoms with van der Waals surface area (Å²) in [6, 6.07) is 11.7. The molecule has 4 nitrogen and oxygen atoms in total. The first-order valence-corrected chi connectivity index (χ1v) is 6.56. The van der Waals surface area contributed by atoms with Gasteiger partial charge in [0.2, 0.25) is 0 Å². The minimum absolute atomic E-state index is 0.278. The zero-order valence-electron chi connectivity index (χ0n) is 9.80. The molecule has 19 heavy (non-hydrogen) atoms. The first-order chi connectivity index (χ1) is 9.06. The van der Waals surface area contributed by atoms with E-state index in [9.17, 15) is 9.90 Å². The molecule has 0 spiro atoms. The van der Waals surface area contributed by atoms with Crippen molar-refractivity contribution in [2.24, 2.45) is 0 Å². The van der Waals surface area contributed by atoms with Gasteiger partial charge in [-0.2, -0.15) is 0 Å². The molecule has 0 radical (unpaired) electrons. The normalized spacial score (nSPS) is 10.2. The maximum absolute atomic E-state index is 11.3. The summed E-state index contributed by atoms with van der Waals surface area (Å²) in [6.45, 7) is 0.328. The Bertz CT molecular complexity index is 593. The lowest BCUT2D eigenvalue weighted by molar-refractivity contribution is -0.268. The number of ether oxygens (including phenoxy) is 1. The highest BCUT2D eigenvalue weighted by molar-refractivity contribution is 14.1. The largest absolute Gasteiger partial charge is 0.872 e. The molecule has 0 unspecified atom stereocenters. The fraction of sp³-hybridized carbons (Fsp3) is 0.0714. The molecule has 0 bridgehead atoms. The van der Waals surface area contributed by atoms with Crippen molar-refractivity contribution in [3.63, 3.8) is 0 Å². The zero-order valence-corrected chi connectivity index (χ0v) is 12.0. The molecule has 0 aliphatic rings. The molecule has 0 aliphatic carbocycles. The van der Waals surface area contributed by atoms with E-state index >= 15 is 0 Å². The maximum atomic E-state index is 11.3. The molecule has 2 aromatic carbocycles. The predicted octanol–water partition coefficient (Wildman–Crippen LogP) is 2.64. The van der Waals surface area contributed by atoms with Crippen LogP contribution >= 0.6 is 22.6 Å². The van der Waals surface area contributed by atoms with E-state index in [1.807, 2.05) is 24.3 Å². The summed E-state index contributed by atoms with van der Waals surface area (Å²) in [4.78, 5) is 10.8. The second-order valence-electron chi connectivity index (χ2n) is 3.88. The van der Waals surface area contributed by atoms with Gasteiger partial charge in [-0.25, -0.2) is 4.79 Å². The van der Waals surface area contributed by atoms with Gasteiger partial charge in [0.1, 0.15) is 12.4 Å². The molecule has 0 amide bonds. The summed E-state index contributed by atoms with van der Waals surface area (Å²) >= 11 is 2.21. The Morgan fingerprint density at radius 3 is 2.53 bits per heavy atom. The molecule has 0 fully saturated rings. The van der Waals surface area contributed by atoms with Crippen LogP contribution in [0.2, 0.25) is 0 Å². The second-order valence-corrected chi connectivity index (χ2v) is 5.12. The first kappa shape index (κ1) is 13.7. The van der Waals surface area contributed by atoms with Crippen molar-refractivity contribution in [3.05, 3.63) is 57.2 Å². The van der Waals surface area contributed by atoms with Crippen LogP contribution in [-0.2, 0) is 6.61 Å². The van der Waals surface area contributed by atoms with Crippen LogP contribution in [0.4, 0.5) is 0 Å². The van der Waals surface area contributed by atoms with Gasteiger partial charge < -0.3 is 14.9 Å². The molecule has 98 valence electrons. The number of carboxylic acids is 1. The van der Waals surface area contributed by atoms with E-state index < -0.39 is 11.7 Å². The van der Waals surface area contributed by atoms with Crippen molar-refractivity contribution >= 4 is 28.6 Å². The molecule has 1 N–H and O–H groups in total. The van der Waals surface area contributed by atoms with Crippen LogP contribution in [0.15, 0.2) is 42.5 Å². The zero-order chi connectivity index (χ0) is 13.8. The van der Waals surface area contributed by atoms with E-state index in [-0.39, 0.29) is 5.56 Å². The lowest BCUT2D eigenvalue weighted by Gasteiger charge is -2.12. The number of carboxylic acid groups (broad SMARTS) is 1. The van der Waals surface area contributed by atoms with Gasteiger partial charge >= 0.3 is 5.97 Å². The number of rotatable bonds is 4. The number of hydrogen-bond donors (Lipinski definition) is 1. The molecule has 0 aromatic heterocycles. The summed E-state index contributed by atoms with van der Waals surface area (Å²) in [7, 11) is 0. The lowest BCUT2D eigenvalue weighted by atomic mass is 10.2. The summed E-state index contributed by atoms with van der Waals surface area (Å²) in [6.07, 6.45) is 0. The molecule has 2 rings (SSSR count). The topological polar surface area (TPSA) is 69.6 Å². The Kier molecular flexibility index (Phi) is 4.26. The average Bonchev–Trinajstić information content (AvgIpc) is 2.39. The van der Waals surface area contributed by atoms with Crippen LogP contribution in [0.1, 0.15) is 15.9 Å². The smallest absolute Gasteiger partial charge is 0.335 e. The third-order valence-corrected chi connectivity index (χ3v) is 3.22. The quantitative estimate of drug-likeness (QED) is 0.842. The van der Waals surface area contributed by atoms with Crippen LogP contribution in [0.25, 0.3) is 0 Å². The Labute approximate surface area is 123 Å². The number of hydrogen-bond acceptors (Lipinski definition) is 3. The minimum Gasteiger partial charge on any atom is -0.872 e. The fourth-order valence-electron chi connectivity index (χ4n) is 1.51. The molecule has 0 saturated heterocycles. The summed E-state index contributed by atoms with van der Waals surface area (Å²) in [5.41, 5.74) is 0.698. The fourth-order valence-corrected chi connectivity index (χ4v) is 1.87. The van der Waals surface area contributed by atoms with E-state index in [2.05, 4.69) is 22.6 Å². The molecular weight excluding hydrogens is 359 g/mol. The molecular formula is C14H10IO4-. The van der Waals surface area contributed by atoms with E-state index in [1.54, 1.807) is 0 Å². The van der Waals surface area contributed by atoms with Crippen molar-refractivity contribution < 1.29 is 19.7 Å². The highest BCUT2D eigenvalue weighted by Gasteiger charge is 2.06. The predicted molar refractivity (Wildman–Crippen MR) is 76.3 cm³/mol. The van der Waals surface area contributed by atoms with Gasteiger partial charge in [-0.3, -0.25) is 0 Å². The monoisotopic (exact) mass is 369 g/mol. The lowest BCUT2D eigenvalue weighted by Crippen LogP contribution is -2.04. The number of benzene rings is 2. The third kappa shape index (κ3) is 3.60. The summed E-state index contributed by atoms with van der Waals surface area (Å²) in [5, 5.41) is 20.1. The Morgan fingerprint density at radius 1 is 1.21 bits per heavy atom. The van der Waals surface area contributed by atoms with Crippen LogP contribution in [0.5, 0.6) is 11.5 Å². The van der Waals surface area contributed by atoms with Crippen molar-refractivity contribution in [2.75, 3.05) is 0 Å². The SMILES string of the molecule is O=C(O)c1cc(OCc2ccc(I)cc2)ccc1[O-]. The van der Waals surface area contributed by atoms with Crippen LogP contribution in [0, 0.1) is 3.57 Å². The van der Waals surface area contributed by atoms with Crippen molar-refractivity contribution in [3.8, 4) is 11.5 Å². The number of aromatic carboxylic acids is 1. The first-order valence-electron chi connectivity index (χ1n) is 5.48. The van der Waals surface area contributed by atoms with Crippen LogP contribution in [0.3, 0.4) is 0 Å². The minimum atomic E-state index is -1.25. The molecule has 0 atom stereocenters. The van der Waals surface area contributed by atoms with Gasteiger partial charge in [0.05, 0.1) is 5.56 Å². The molecule has 0 heterocycles. The Balaban J connectivity index is 2.09.